The highest BCUT2D eigenvalue weighted by Crippen LogP contribution is 2.43. The topological polar surface area (TPSA) is 50.1 Å². The van der Waals surface area contributed by atoms with Gasteiger partial charge >= 0.3 is 5.97 Å². The third kappa shape index (κ3) is 4.94. The molecule has 0 fully saturated rings. The molecule has 0 saturated carbocycles. The molecule has 0 unspecified atom stereocenters. The maximum Gasteiger partial charge on any atom is 0.332 e. The van der Waals surface area contributed by atoms with E-state index in [0.29, 0.717) is 5.56 Å². The van der Waals surface area contributed by atoms with Crippen molar-refractivity contribution in [2.45, 2.75) is 37.7 Å². The van der Waals surface area contributed by atoms with E-state index in [1.54, 1.807) is 39.0 Å². The Morgan fingerprint density at radius 1 is 1.07 bits per heavy atom. The molecule has 0 aliphatic rings. The molecule has 0 aromatic heterocycles. The minimum atomic E-state index is -1.59. The third-order valence-electron chi connectivity index (χ3n) is 4.14. The van der Waals surface area contributed by atoms with Crippen molar-refractivity contribution in [3.05, 3.63) is 79.7 Å². The van der Waals surface area contributed by atoms with E-state index in [1.807, 2.05) is 30.3 Å². The van der Waals surface area contributed by atoms with E-state index in [0.717, 1.165) is 19.0 Å². The lowest BCUT2D eigenvalue weighted by molar-refractivity contribution is -0.160. The highest BCUT2D eigenvalue weighted by Gasteiger charge is 2.50. The quantitative estimate of drug-likeness (QED) is 0.286. The summed E-state index contributed by atoms with van der Waals surface area (Å²) in [7, 11) is 0. The summed E-state index contributed by atoms with van der Waals surface area (Å²) in [4.78, 5) is 13.4. The van der Waals surface area contributed by atoms with Crippen molar-refractivity contribution in [1.29, 1.82) is 5.26 Å². The Bertz CT molecular complexity index is 906. The fourth-order valence-electron chi connectivity index (χ4n) is 2.99. The third-order valence-corrected chi connectivity index (χ3v) is 5.59. The van der Waals surface area contributed by atoms with Gasteiger partial charge in [0.2, 0.25) is 0 Å². The molecule has 0 bridgehead atoms. The van der Waals surface area contributed by atoms with Gasteiger partial charge in [-0.05, 0) is 62.2 Å². The van der Waals surface area contributed by atoms with Gasteiger partial charge in [0, 0.05) is 19.3 Å². The highest BCUT2D eigenvalue weighted by atomic mass is 79.9. The average molecular weight is 570 g/mol. The standard InChI is InChI=1S/C22H20Br3NO2/c1-5-19(14-10-17(24)12-18(25)11-14)22(13-26,20(27)28-21(2,3)4)15-6-8-16(23)9-7-15/h5-12,19H,1H2,2-4H3/t19-,22-/m0/s1. The summed E-state index contributed by atoms with van der Waals surface area (Å²) in [6.45, 7) is 9.29. The van der Waals surface area contributed by atoms with Gasteiger partial charge in [0.25, 0.3) is 0 Å². The van der Waals surface area contributed by atoms with Crippen LogP contribution < -0.4 is 0 Å². The predicted molar refractivity (Wildman–Crippen MR) is 122 cm³/mol. The molecule has 6 heteroatoms. The summed E-state index contributed by atoms with van der Waals surface area (Å²) in [5, 5.41) is 10.3. The van der Waals surface area contributed by atoms with Crippen LogP contribution in [0.5, 0.6) is 0 Å². The number of nitriles is 1. The lowest BCUT2D eigenvalue weighted by atomic mass is 9.68. The van der Waals surface area contributed by atoms with Gasteiger partial charge < -0.3 is 4.74 Å². The molecule has 0 amide bonds. The number of benzene rings is 2. The summed E-state index contributed by atoms with van der Waals surface area (Å²) >= 11 is 10.4. The van der Waals surface area contributed by atoms with Gasteiger partial charge in [-0.25, -0.2) is 4.79 Å². The molecular weight excluding hydrogens is 550 g/mol. The Hall–Kier alpha value is -1.42. The van der Waals surface area contributed by atoms with Crippen LogP contribution in [0.4, 0.5) is 0 Å². The average Bonchev–Trinajstić information content (AvgIpc) is 2.58. The zero-order valence-corrected chi connectivity index (χ0v) is 20.6. The number of halogens is 3. The van der Waals surface area contributed by atoms with E-state index < -0.39 is 22.9 Å². The molecule has 2 aromatic rings. The minimum absolute atomic E-state index is 0.549. The van der Waals surface area contributed by atoms with Crippen molar-refractivity contribution in [1.82, 2.24) is 0 Å². The first kappa shape index (κ1) is 22.9. The number of ether oxygens (including phenoxy) is 1. The van der Waals surface area contributed by atoms with E-state index in [9.17, 15) is 10.1 Å². The maximum atomic E-state index is 13.4. The number of nitrogens with zero attached hydrogens (tertiary/aromatic N) is 1. The molecule has 0 aliphatic heterocycles. The van der Waals surface area contributed by atoms with Crippen molar-refractivity contribution in [2.75, 3.05) is 0 Å². The first-order chi connectivity index (χ1) is 13.0. The van der Waals surface area contributed by atoms with E-state index in [-0.39, 0.29) is 0 Å². The maximum absolute atomic E-state index is 13.4. The zero-order chi connectivity index (χ0) is 21.1. The van der Waals surface area contributed by atoms with Crippen LogP contribution in [0.2, 0.25) is 0 Å². The summed E-state index contributed by atoms with van der Waals surface area (Å²) in [6.07, 6.45) is 1.63. The molecule has 0 N–H and O–H groups in total. The molecule has 0 saturated heterocycles. The molecule has 0 aliphatic carbocycles. The van der Waals surface area contributed by atoms with Gasteiger partial charge in [-0.3, -0.25) is 0 Å². The molecule has 0 heterocycles. The number of hydrogen-bond acceptors (Lipinski definition) is 3. The van der Waals surface area contributed by atoms with E-state index in [4.69, 9.17) is 4.74 Å². The number of carbonyl (C=O) groups excluding carboxylic acids is 1. The molecule has 2 aromatic carbocycles. The van der Waals surface area contributed by atoms with Crippen LogP contribution >= 0.6 is 47.8 Å². The van der Waals surface area contributed by atoms with Crippen LogP contribution in [-0.2, 0) is 14.9 Å². The number of carbonyl (C=O) groups is 1. The first-order valence-electron chi connectivity index (χ1n) is 8.53. The lowest BCUT2D eigenvalue weighted by Gasteiger charge is -2.34. The van der Waals surface area contributed by atoms with E-state index in [1.165, 1.54) is 0 Å². The van der Waals surface area contributed by atoms with Crippen molar-refractivity contribution in [3.8, 4) is 6.07 Å². The normalized spacial score (nSPS) is 14.5. The van der Waals surface area contributed by atoms with Gasteiger partial charge in [-0.1, -0.05) is 66.0 Å². The van der Waals surface area contributed by atoms with Gasteiger partial charge in [-0.2, -0.15) is 5.26 Å². The van der Waals surface area contributed by atoms with Crippen molar-refractivity contribution >= 4 is 53.8 Å². The lowest BCUT2D eigenvalue weighted by Crippen LogP contribution is -2.44. The van der Waals surface area contributed by atoms with Crippen molar-refractivity contribution in [2.24, 2.45) is 0 Å². The van der Waals surface area contributed by atoms with Crippen molar-refractivity contribution in [3.63, 3.8) is 0 Å². The number of hydrogen-bond donors (Lipinski definition) is 0. The predicted octanol–water partition coefficient (Wildman–Crippen LogP) is 7.05. The Balaban J connectivity index is 2.77. The summed E-state index contributed by atoms with van der Waals surface area (Å²) in [5.41, 5.74) is -1.01. The molecule has 28 heavy (non-hydrogen) atoms. The number of allylic oxidation sites excluding steroid dienone is 1. The van der Waals surface area contributed by atoms with Gasteiger partial charge in [0.1, 0.15) is 5.60 Å². The molecular formula is C22H20Br3NO2. The zero-order valence-electron chi connectivity index (χ0n) is 15.8. The Morgan fingerprint density at radius 2 is 1.61 bits per heavy atom. The fraction of sp³-hybridized carbons (Fsp3) is 0.273. The van der Waals surface area contributed by atoms with Crippen LogP contribution in [-0.4, -0.2) is 11.6 Å². The van der Waals surface area contributed by atoms with Crippen LogP contribution in [0.1, 0.15) is 37.8 Å². The second kappa shape index (κ2) is 8.94. The molecule has 0 radical (unpaired) electrons. The second-order valence-corrected chi connectivity index (χ2v) is 10.1. The Labute approximate surface area is 191 Å². The first-order valence-corrected chi connectivity index (χ1v) is 10.9. The van der Waals surface area contributed by atoms with Crippen LogP contribution in [0.15, 0.2) is 68.5 Å². The highest BCUT2D eigenvalue weighted by molar-refractivity contribution is 9.11. The molecule has 146 valence electrons. The molecule has 2 rings (SSSR count). The smallest absolute Gasteiger partial charge is 0.332 e. The van der Waals surface area contributed by atoms with Gasteiger partial charge in [0.05, 0.1) is 6.07 Å². The van der Waals surface area contributed by atoms with E-state index >= 15 is 0 Å². The minimum Gasteiger partial charge on any atom is -0.458 e. The summed E-state index contributed by atoms with van der Waals surface area (Å²) < 4.78 is 8.21. The Morgan fingerprint density at radius 3 is 2.04 bits per heavy atom. The number of rotatable bonds is 5. The largest absolute Gasteiger partial charge is 0.458 e. The SMILES string of the molecule is C=C[C@@H](c1cc(Br)cc(Br)c1)[C@@](C#N)(C(=O)OC(C)(C)C)c1ccc(Br)cc1. The number of esters is 1. The molecule has 2 atom stereocenters. The van der Waals surface area contributed by atoms with Gasteiger partial charge in [-0.15, -0.1) is 6.58 Å². The van der Waals surface area contributed by atoms with Gasteiger partial charge in [0.15, 0.2) is 5.41 Å². The van der Waals surface area contributed by atoms with E-state index in [2.05, 4.69) is 60.4 Å². The van der Waals surface area contributed by atoms with Crippen LogP contribution in [0, 0.1) is 11.3 Å². The Kier molecular flexibility index (Phi) is 7.30. The molecule has 0 spiro atoms. The van der Waals surface area contributed by atoms with Crippen molar-refractivity contribution < 1.29 is 9.53 Å². The second-order valence-electron chi connectivity index (χ2n) is 7.34. The van der Waals surface area contributed by atoms with Crippen LogP contribution in [0.25, 0.3) is 0 Å². The molecule has 3 nitrogen and oxygen atoms in total. The summed E-state index contributed by atoms with van der Waals surface area (Å²) in [6, 6.07) is 15.1. The monoisotopic (exact) mass is 567 g/mol. The summed E-state index contributed by atoms with van der Waals surface area (Å²) in [5.74, 6) is -1.23. The fourth-order valence-corrected chi connectivity index (χ4v) is 4.59. The van der Waals surface area contributed by atoms with Crippen LogP contribution in [0.3, 0.4) is 0 Å².